The topological polar surface area (TPSA) is 74.7 Å². The first-order chi connectivity index (χ1) is 13.4. The lowest BCUT2D eigenvalue weighted by Gasteiger charge is -2.23. The van der Waals surface area contributed by atoms with Crippen molar-refractivity contribution in [2.45, 2.75) is 43.6 Å². The maximum Gasteiger partial charge on any atom is 0.266 e. The molecule has 0 spiro atoms. The molecule has 146 valence electrons. The van der Waals surface area contributed by atoms with Crippen LogP contribution in [0.25, 0.3) is 0 Å². The van der Waals surface area contributed by atoms with Gasteiger partial charge in [-0.2, -0.15) is 0 Å². The number of fused-ring (bicyclic) bond motifs is 1. The van der Waals surface area contributed by atoms with Crippen molar-refractivity contribution in [3.8, 4) is 11.8 Å². The third kappa shape index (κ3) is 4.61. The van der Waals surface area contributed by atoms with Crippen molar-refractivity contribution in [3.63, 3.8) is 0 Å². The molecule has 2 aromatic rings. The van der Waals surface area contributed by atoms with E-state index in [0.29, 0.717) is 30.4 Å². The number of nitrogens with zero attached hydrogens (tertiary/aromatic N) is 1. The van der Waals surface area contributed by atoms with Gasteiger partial charge < -0.3 is 5.11 Å². The molecule has 2 aromatic carbocycles. The molecule has 1 N–H and O–H groups in total. The van der Waals surface area contributed by atoms with Crippen LogP contribution in [0, 0.1) is 18.8 Å². The molecule has 1 amide bonds. The molecule has 1 atom stereocenters. The van der Waals surface area contributed by atoms with Crippen LogP contribution in [0.2, 0.25) is 0 Å². The first-order valence-electron chi connectivity index (χ1n) is 9.27. The van der Waals surface area contributed by atoms with E-state index in [9.17, 15) is 18.3 Å². The van der Waals surface area contributed by atoms with E-state index in [1.807, 2.05) is 6.92 Å². The Bertz CT molecular complexity index is 1020. The highest BCUT2D eigenvalue weighted by atomic mass is 32.2. The summed E-state index contributed by atoms with van der Waals surface area (Å²) in [5.41, 5.74) is 2.22. The first-order valence-corrected chi connectivity index (χ1v) is 10.7. The van der Waals surface area contributed by atoms with Crippen molar-refractivity contribution >= 4 is 15.9 Å². The van der Waals surface area contributed by atoms with E-state index in [1.165, 1.54) is 12.1 Å². The molecule has 28 heavy (non-hydrogen) atoms. The second-order valence-electron chi connectivity index (χ2n) is 6.90. The van der Waals surface area contributed by atoms with Crippen LogP contribution in [0.4, 0.5) is 0 Å². The van der Waals surface area contributed by atoms with E-state index in [2.05, 4.69) is 11.8 Å². The molecule has 5 nitrogen and oxygen atoms in total. The van der Waals surface area contributed by atoms with E-state index in [4.69, 9.17) is 0 Å². The van der Waals surface area contributed by atoms with Crippen molar-refractivity contribution < 1.29 is 18.3 Å². The zero-order valence-corrected chi connectivity index (χ0v) is 16.6. The van der Waals surface area contributed by atoms with Gasteiger partial charge in [-0.05, 0) is 49.9 Å². The van der Waals surface area contributed by atoms with Crippen molar-refractivity contribution in [2.75, 3.05) is 6.54 Å². The highest BCUT2D eigenvalue weighted by Crippen LogP contribution is 2.20. The minimum atomic E-state index is -3.95. The maximum absolute atomic E-state index is 13.1. The Hall–Kier alpha value is -2.62. The average Bonchev–Trinajstić information content (AvgIpc) is 2.66. The highest BCUT2D eigenvalue weighted by Gasteiger charge is 2.29. The quantitative estimate of drug-likeness (QED) is 0.791. The molecule has 0 fully saturated rings. The smallest absolute Gasteiger partial charge is 0.266 e. The lowest BCUT2D eigenvalue weighted by atomic mass is 10.0. The van der Waals surface area contributed by atoms with Crippen molar-refractivity contribution in [1.82, 2.24) is 4.31 Å². The Morgan fingerprint density at radius 1 is 1.07 bits per heavy atom. The summed E-state index contributed by atoms with van der Waals surface area (Å²) in [7, 11) is -3.95. The Balaban J connectivity index is 1.99. The normalized spacial score (nSPS) is 18.3. The molecule has 0 aliphatic carbocycles. The number of carbonyl (C=O) groups excluding carboxylic acids is 1. The number of amides is 1. The van der Waals surface area contributed by atoms with Gasteiger partial charge in [-0.15, -0.1) is 0 Å². The summed E-state index contributed by atoms with van der Waals surface area (Å²) in [5.74, 6) is 5.25. The molecule has 1 heterocycles. The second-order valence-corrected chi connectivity index (χ2v) is 8.76. The molecule has 6 heteroatoms. The maximum atomic E-state index is 13.1. The highest BCUT2D eigenvalue weighted by molar-refractivity contribution is 7.89. The first kappa shape index (κ1) is 20.1. The fourth-order valence-corrected chi connectivity index (χ4v) is 4.53. The summed E-state index contributed by atoms with van der Waals surface area (Å²) >= 11 is 0. The zero-order valence-electron chi connectivity index (χ0n) is 15.8. The lowest BCUT2D eigenvalue weighted by molar-refractivity contribution is -0.125. The molecule has 1 aliphatic heterocycles. The van der Waals surface area contributed by atoms with Gasteiger partial charge in [-0.3, -0.25) is 4.79 Å². The van der Waals surface area contributed by atoms with E-state index in [1.54, 1.807) is 36.4 Å². The summed E-state index contributed by atoms with van der Waals surface area (Å²) < 4.78 is 27.2. The molecule has 3 rings (SSSR count). The predicted octanol–water partition coefficient (Wildman–Crippen LogP) is 2.65. The van der Waals surface area contributed by atoms with Crippen LogP contribution in [0.3, 0.4) is 0 Å². The number of sulfonamides is 1. The van der Waals surface area contributed by atoms with Crippen LogP contribution in [-0.2, 0) is 21.2 Å². The number of aryl methyl sites for hydroxylation is 1. The van der Waals surface area contributed by atoms with Gasteiger partial charge in [0.25, 0.3) is 10.0 Å². The van der Waals surface area contributed by atoms with Gasteiger partial charge in [-0.25, -0.2) is 12.7 Å². The van der Waals surface area contributed by atoms with Gasteiger partial charge in [-0.1, -0.05) is 47.7 Å². The molecular weight excluding hydrogens is 374 g/mol. The predicted molar refractivity (Wildman–Crippen MR) is 107 cm³/mol. The second kappa shape index (κ2) is 8.59. The van der Waals surface area contributed by atoms with Crippen LogP contribution in [0.5, 0.6) is 0 Å². The zero-order chi connectivity index (χ0) is 20.1. The van der Waals surface area contributed by atoms with Gasteiger partial charge in [0, 0.05) is 12.1 Å². The minimum absolute atomic E-state index is 0.0635. The van der Waals surface area contributed by atoms with Gasteiger partial charge in [0.1, 0.15) is 6.10 Å². The third-order valence-electron chi connectivity index (χ3n) is 4.71. The van der Waals surface area contributed by atoms with E-state index < -0.39 is 22.0 Å². The number of hydrogen-bond acceptors (Lipinski definition) is 4. The van der Waals surface area contributed by atoms with E-state index in [-0.39, 0.29) is 17.9 Å². The molecule has 0 radical (unpaired) electrons. The lowest BCUT2D eigenvalue weighted by Crippen LogP contribution is -2.39. The number of carbonyl (C=O) groups is 1. The van der Waals surface area contributed by atoms with Crippen molar-refractivity contribution in [3.05, 3.63) is 65.2 Å². The summed E-state index contributed by atoms with van der Waals surface area (Å²) in [6, 6.07) is 13.6. The molecule has 0 aromatic heterocycles. The van der Waals surface area contributed by atoms with E-state index in [0.717, 1.165) is 9.87 Å². The molecule has 0 bridgehead atoms. The van der Waals surface area contributed by atoms with Crippen LogP contribution >= 0.6 is 0 Å². The summed E-state index contributed by atoms with van der Waals surface area (Å²) in [6.45, 7) is 1.96. The SMILES string of the molecule is Cc1ccc(S(=O)(=O)N2CCCC[C@@H](O)C#Cc3ccccc3CC2=O)cc1. The fraction of sp³-hybridized carbons (Fsp3) is 0.318. The Kier molecular flexibility index (Phi) is 6.18. The Morgan fingerprint density at radius 2 is 1.79 bits per heavy atom. The third-order valence-corrected chi connectivity index (χ3v) is 6.54. The van der Waals surface area contributed by atoms with Crippen molar-refractivity contribution in [1.29, 1.82) is 0 Å². The van der Waals surface area contributed by atoms with Crippen LogP contribution < -0.4 is 0 Å². The van der Waals surface area contributed by atoms with Gasteiger partial charge in [0.05, 0.1) is 11.3 Å². The molecule has 0 saturated heterocycles. The fourth-order valence-electron chi connectivity index (χ4n) is 3.09. The number of benzene rings is 2. The average molecular weight is 397 g/mol. The Morgan fingerprint density at radius 3 is 2.54 bits per heavy atom. The van der Waals surface area contributed by atoms with Gasteiger partial charge >= 0.3 is 0 Å². The van der Waals surface area contributed by atoms with Crippen molar-refractivity contribution in [2.24, 2.45) is 0 Å². The minimum Gasteiger partial charge on any atom is -0.380 e. The van der Waals surface area contributed by atoms with Gasteiger partial charge in [0.15, 0.2) is 0 Å². The summed E-state index contributed by atoms with van der Waals surface area (Å²) in [4.78, 5) is 13.1. The van der Waals surface area contributed by atoms with E-state index >= 15 is 0 Å². The largest absolute Gasteiger partial charge is 0.380 e. The van der Waals surface area contributed by atoms with Crippen LogP contribution in [-0.4, -0.2) is 36.4 Å². The molecule has 1 aliphatic rings. The number of aliphatic hydroxyl groups excluding tert-OH is 1. The monoisotopic (exact) mass is 397 g/mol. The summed E-state index contributed by atoms with van der Waals surface area (Å²) in [5, 5.41) is 10.0. The standard InChI is InChI=1S/C22H23NO4S/c1-17-9-13-21(14-10-17)28(26,27)23-15-5-4-8-20(24)12-11-18-6-2-3-7-19(18)16-22(23)25/h2-3,6-7,9-10,13-14,20,24H,4-5,8,15-16H2,1H3/t20-/m1/s1. The number of hydrogen-bond donors (Lipinski definition) is 1. The van der Waals surface area contributed by atoms with Gasteiger partial charge in [0.2, 0.25) is 5.91 Å². The molecular formula is C22H23NO4S. The van der Waals surface area contributed by atoms with Crippen LogP contribution in [0.15, 0.2) is 53.4 Å². The van der Waals surface area contributed by atoms with Crippen LogP contribution in [0.1, 0.15) is 36.0 Å². The summed E-state index contributed by atoms with van der Waals surface area (Å²) in [6.07, 6.45) is 0.640. The molecule has 0 unspecified atom stereocenters. The number of rotatable bonds is 2. The Labute approximate surface area is 166 Å². The molecule has 0 saturated carbocycles. The number of aliphatic hydroxyl groups is 1.